The van der Waals surface area contributed by atoms with Gasteiger partial charge in [0, 0.05) is 13.3 Å². The fourth-order valence-corrected chi connectivity index (χ4v) is 4.30. The average molecular weight is 418 g/mol. The van der Waals surface area contributed by atoms with Crippen molar-refractivity contribution in [2.45, 2.75) is 18.4 Å². The number of rotatable bonds is 7. The maximum absolute atomic E-state index is 12.3. The van der Waals surface area contributed by atoms with E-state index in [1.807, 2.05) is 0 Å². The van der Waals surface area contributed by atoms with Crippen molar-refractivity contribution in [3.8, 4) is 0 Å². The van der Waals surface area contributed by atoms with Crippen LogP contribution in [0.15, 0.2) is 12.7 Å². The minimum absolute atomic E-state index is 0.0346. The van der Waals surface area contributed by atoms with Crippen LogP contribution in [0.4, 0.5) is 5.82 Å². The maximum Gasteiger partial charge on any atom is 0.504 e. The molecular weight excluding hydrogens is 396 g/mol. The van der Waals surface area contributed by atoms with E-state index >= 15 is 0 Å². The number of aromatic nitrogens is 4. The van der Waals surface area contributed by atoms with Crippen LogP contribution >= 0.6 is 15.4 Å². The zero-order valence-corrected chi connectivity index (χ0v) is 16.9. The Morgan fingerprint density at radius 2 is 2.15 bits per heavy atom. The number of aliphatic hydroxyl groups excluding tert-OH is 1. The molecule has 3 heterocycles. The lowest BCUT2D eigenvalue weighted by Crippen LogP contribution is -2.34. The lowest BCUT2D eigenvalue weighted by molar-refractivity contribution is -0.0381. The van der Waals surface area contributed by atoms with Gasteiger partial charge in [-0.25, -0.2) is 15.0 Å². The molecule has 27 heavy (non-hydrogen) atoms. The second-order valence-electron chi connectivity index (χ2n) is 6.55. The first-order valence-electron chi connectivity index (χ1n) is 8.17. The van der Waals surface area contributed by atoms with E-state index in [1.165, 1.54) is 32.6 Å². The molecule has 2 aromatic rings. The molecule has 0 saturated carbocycles. The largest absolute Gasteiger partial charge is 0.504 e. The number of fused-ring (bicyclic) bond motifs is 1. The van der Waals surface area contributed by atoms with Gasteiger partial charge in [0.25, 0.3) is 0 Å². The van der Waals surface area contributed by atoms with Crippen molar-refractivity contribution in [1.29, 1.82) is 0 Å². The highest BCUT2D eigenvalue weighted by Crippen LogP contribution is 2.47. The summed E-state index contributed by atoms with van der Waals surface area (Å²) in [4.78, 5) is 12.3. The van der Waals surface area contributed by atoms with Crippen molar-refractivity contribution in [3.63, 3.8) is 0 Å². The van der Waals surface area contributed by atoms with Crippen molar-refractivity contribution >= 4 is 32.4 Å². The predicted molar refractivity (Wildman–Crippen MR) is 98.0 cm³/mol. The van der Waals surface area contributed by atoms with Crippen molar-refractivity contribution in [3.05, 3.63) is 12.7 Å². The van der Waals surface area contributed by atoms with Crippen molar-refractivity contribution in [2.75, 3.05) is 38.9 Å². The Labute approximate surface area is 156 Å². The summed E-state index contributed by atoms with van der Waals surface area (Å²) in [6.07, 6.45) is 0.667. The van der Waals surface area contributed by atoms with Gasteiger partial charge in [-0.2, -0.15) is 0 Å². The molecule has 0 aliphatic carbocycles. The van der Waals surface area contributed by atoms with Gasteiger partial charge in [-0.1, -0.05) is 0 Å². The van der Waals surface area contributed by atoms with E-state index in [-0.39, 0.29) is 19.0 Å². The van der Waals surface area contributed by atoms with Gasteiger partial charge in [0.05, 0.1) is 18.9 Å². The number of imidazole rings is 1. The van der Waals surface area contributed by atoms with Gasteiger partial charge in [0.2, 0.25) is 0 Å². The first-order chi connectivity index (χ1) is 12.7. The van der Waals surface area contributed by atoms with Gasteiger partial charge >= 0.3 is 8.03 Å². The van der Waals surface area contributed by atoms with Crippen molar-refractivity contribution < 1.29 is 28.0 Å². The molecule has 2 aromatic heterocycles. The molecule has 1 unspecified atom stereocenters. The summed E-state index contributed by atoms with van der Waals surface area (Å²) in [5, 5.41) is 9.98. The Kier molecular flexibility index (Phi) is 5.90. The van der Waals surface area contributed by atoms with Gasteiger partial charge < -0.3 is 20.1 Å². The molecular formula is C14H22N5O6P2+. The minimum Gasteiger partial charge on any atom is -0.396 e. The third-order valence-electron chi connectivity index (χ3n) is 4.14. The van der Waals surface area contributed by atoms with Crippen molar-refractivity contribution in [1.82, 2.24) is 19.5 Å². The molecule has 0 amide bonds. The molecule has 148 valence electrons. The van der Waals surface area contributed by atoms with Crippen molar-refractivity contribution in [2.24, 2.45) is 5.92 Å². The van der Waals surface area contributed by atoms with E-state index in [1.54, 1.807) is 4.57 Å². The zero-order chi connectivity index (χ0) is 19.8. The number of anilines is 1. The van der Waals surface area contributed by atoms with Crippen LogP contribution in [0.25, 0.3) is 11.2 Å². The van der Waals surface area contributed by atoms with Crippen LogP contribution in [0.5, 0.6) is 0 Å². The third-order valence-corrected chi connectivity index (χ3v) is 5.40. The van der Waals surface area contributed by atoms with Gasteiger partial charge in [0.1, 0.15) is 36.9 Å². The third kappa shape index (κ3) is 4.34. The number of nitrogens with two attached hydrogens (primary N) is 1. The molecule has 3 N–H and O–H groups in total. The van der Waals surface area contributed by atoms with Gasteiger partial charge in [-0.15, -0.1) is 4.52 Å². The van der Waals surface area contributed by atoms with Crippen LogP contribution < -0.4 is 5.73 Å². The molecule has 0 spiro atoms. The molecule has 1 saturated heterocycles. The summed E-state index contributed by atoms with van der Waals surface area (Å²) in [6.45, 7) is 4.05. The smallest absolute Gasteiger partial charge is 0.396 e. The summed E-state index contributed by atoms with van der Waals surface area (Å²) in [5.74, 6) is -0.352. The van der Waals surface area contributed by atoms with E-state index in [4.69, 9.17) is 19.5 Å². The molecule has 5 atom stereocenters. The number of ether oxygens (including phenoxy) is 1. The zero-order valence-electron chi connectivity index (χ0n) is 15.1. The Hall–Kier alpha value is -1.48. The molecule has 0 bridgehead atoms. The van der Waals surface area contributed by atoms with Gasteiger partial charge in [-0.05, 0) is 4.57 Å². The van der Waals surface area contributed by atoms with Gasteiger partial charge in [0.15, 0.2) is 25.5 Å². The van der Waals surface area contributed by atoms with Crippen LogP contribution in [0.1, 0.15) is 6.23 Å². The Morgan fingerprint density at radius 3 is 2.78 bits per heavy atom. The topological polar surface area (TPSA) is 152 Å². The highest BCUT2D eigenvalue weighted by Gasteiger charge is 2.49. The molecule has 0 radical (unpaired) electrons. The van der Waals surface area contributed by atoms with Gasteiger partial charge in [-0.3, -0.25) is 9.13 Å². The molecule has 13 heteroatoms. The Balaban J connectivity index is 1.97. The second-order valence-corrected chi connectivity index (χ2v) is 10.4. The lowest BCUT2D eigenvalue weighted by atomic mass is 10.0. The fraction of sp³-hybridized carbons (Fsp3) is 0.643. The molecule has 1 aliphatic rings. The van der Waals surface area contributed by atoms with Crippen LogP contribution in [-0.4, -0.2) is 70.0 Å². The molecule has 0 aromatic carbocycles. The van der Waals surface area contributed by atoms with Crippen LogP contribution in [0, 0.1) is 5.92 Å². The van der Waals surface area contributed by atoms with E-state index in [0.717, 1.165) is 0 Å². The summed E-state index contributed by atoms with van der Waals surface area (Å²) < 4.78 is 42.2. The molecule has 3 rings (SSSR count). The fourth-order valence-electron chi connectivity index (χ4n) is 3.07. The van der Waals surface area contributed by atoms with Crippen LogP contribution in [0.3, 0.4) is 0 Å². The molecule has 1 aliphatic heterocycles. The minimum atomic E-state index is -2.90. The summed E-state index contributed by atoms with van der Waals surface area (Å²) in [5.41, 5.74) is 6.66. The van der Waals surface area contributed by atoms with E-state index in [0.29, 0.717) is 11.2 Å². The lowest BCUT2D eigenvalue weighted by Gasteiger charge is -2.24. The number of nitrogen functional groups attached to an aromatic ring is 1. The van der Waals surface area contributed by atoms with E-state index < -0.39 is 39.8 Å². The summed E-state index contributed by atoms with van der Waals surface area (Å²) >= 11 is 0. The summed E-state index contributed by atoms with van der Waals surface area (Å²) in [7, 11) is -4.75. The summed E-state index contributed by atoms with van der Waals surface area (Å²) in [6, 6.07) is 0. The molecule has 11 nitrogen and oxygen atoms in total. The molecule has 1 fully saturated rings. The van der Waals surface area contributed by atoms with Crippen LogP contribution in [-0.2, 0) is 22.9 Å². The van der Waals surface area contributed by atoms with Crippen LogP contribution in [0.2, 0.25) is 0 Å². The van der Waals surface area contributed by atoms with E-state index in [9.17, 15) is 14.2 Å². The average Bonchev–Trinajstić information content (AvgIpc) is 3.13. The monoisotopic (exact) mass is 418 g/mol. The number of hydrogen-bond donors (Lipinski definition) is 2. The normalized spacial score (nSPS) is 26.6. The highest BCUT2D eigenvalue weighted by molar-refractivity contribution is 7.57. The predicted octanol–water partition coefficient (Wildman–Crippen LogP) is 1.23. The Morgan fingerprint density at radius 1 is 1.41 bits per heavy atom. The maximum atomic E-state index is 12.3. The first kappa shape index (κ1) is 20.3. The number of hydrogen-bond acceptors (Lipinski definition) is 10. The first-order valence-corrected chi connectivity index (χ1v) is 12.3. The number of aliphatic hydroxyl groups is 1. The standard InChI is InChI=1S/C14H22N5O6P2/c1-26(21)23-5-9-11(25-27(2,3)22)8(4-20)14(24-9)19-7-18-10-12(15)16-6-17-13(10)19/h6-9,11,14,20H,4-5H2,1-3H3,(H2,15,16,17)/q+1/t8-,9-,11+,14-/m1/s1. The number of nitrogens with zero attached hydrogens (tertiary/aromatic N) is 4. The second kappa shape index (κ2) is 7.87. The SMILES string of the molecule is C[P+](=O)OC[C@H]1O[C@@H](n2cnc3c(N)ncnc32)[C@H](CO)[C@@H]1OP(C)(C)=O. The quantitative estimate of drug-likeness (QED) is 0.628. The Bertz CT molecular complexity index is 886. The van der Waals surface area contributed by atoms with E-state index in [2.05, 4.69) is 15.0 Å². The highest BCUT2D eigenvalue weighted by atomic mass is 31.2.